The van der Waals surface area contributed by atoms with Gasteiger partial charge in [0.25, 0.3) is 0 Å². The van der Waals surface area contributed by atoms with Gasteiger partial charge >= 0.3 is 0 Å². The minimum atomic E-state index is 0. The highest BCUT2D eigenvalue weighted by molar-refractivity contribution is 14.0. The summed E-state index contributed by atoms with van der Waals surface area (Å²) in [5.74, 6) is 0.915. The predicted octanol–water partition coefficient (Wildman–Crippen LogP) is 3.00. The highest BCUT2D eigenvalue weighted by atomic mass is 127. The fraction of sp³-hybridized carbons (Fsp3) is 0.750. The molecule has 0 spiro atoms. The molecule has 0 atom stereocenters. The molecule has 0 aromatic carbocycles. The summed E-state index contributed by atoms with van der Waals surface area (Å²) in [5.41, 5.74) is 0. The number of aliphatic imine (C=N–C) groups is 1. The zero-order chi connectivity index (χ0) is 15.9. The van der Waals surface area contributed by atoms with Crippen LogP contribution in [0.25, 0.3) is 0 Å². The van der Waals surface area contributed by atoms with Crippen LogP contribution >= 0.6 is 35.3 Å². The van der Waals surface area contributed by atoms with Crippen molar-refractivity contribution < 1.29 is 0 Å². The van der Waals surface area contributed by atoms with Crippen molar-refractivity contribution in [3.8, 4) is 0 Å². The van der Waals surface area contributed by atoms with Crippen molar-refractivity contribution in [2.24, 2.45) is 4.99 Å². The second-order valence-corrected chi connectivity index (χ2v) is 7.43. The van der Waals surface area contributed by atoms with E-state index in [-0.39, 0.29) is 24.0 Å². The van der Waals surface area contributed by atoms with Crippen LogP contribution in [-0.4, -0.2) is 47.6 Å². The van der Waals surface area contributed by atoms with Crippen molar-refractivity contribution in [1.82, 2.24) is 20.5 Å². The molecule has 2 N–H and O–H groups in total. The van der Waals surface area contributed by atoms with Crippen molar-refractivity contribution in [1.29, 1.82) is 0 Å². The van der Waals surface area contributed by atoms with E-state index in [0.717, 1.165) is 17.5 Å². The van der Waals surface area contributed by atoms with Crippen molar-refractivity contribution in [3.05, 3.63) is 16.1 Å². The number of guanidine groups is 1. The lowest BCUT2D eigenvalue weighted by molar-refractivity contribution is 0.167. The molecule has 2 rings (SSSR count). The molecule has 1 aromatic heterocycles. The Labute approximate surface area is 161 Å². The summed E-state index contributed by atoms with van der Waals surface area (Å²) < 4.78 is 0. The first-order chi connectivity index (χ1) is 10.6. The summed E-state index contributed by atoms with van der Waals surface area (Å²) >= 11 is 1.72. The van der Waals surface area contributed by atoms with Crippen LogP contribution in [0.5, 0.6) is 0 Å². The molecule has 0 amide bonds. The van der Waals surface area contributed by atoms with Crippen molar-refractivity contribution >= 4 is 41.3 Å². The van der Waals surface area contributed by atoms with Crippen LogP contribution in [0.2, 0.25) is 0 Å². The second kappa shape index (κ2) is 10.5. The molecule has 1 aromatic rings. The van der Waals surface area contributed by atoms with Crippen molar-refractivity contribution in [2.45, 2.75) is 59.2 Å². The summed E-state index contributed by atoms with van der Waals surface area (Å²) in [6, 6.07) is 1.17. The normalized spacial score (nSPS) is 17.2. The Morgan fingerprint density at radius 2 is 2.13 bits per heavy atom. The first-order valence-corrected chi connectivity index (χ1v) is 9.10. The molecule has 0 aliphatic carbocycles. The SMILES string of the molecule is CCNC(=NCc1ncc(C)s1)NC1CCN(C(C)C)CC1.I. The largest absolute Gasteiger partial charge is 0.357 e. The highest BCUT2D eigenvalue weighted by Crippen LogP contribution is 2.14. The topological polar surface area (TPSA) is 52.6 Å². The van der Waals surface area contributed by atoms with Crippen LogP contribution in [0.4, 0.5) is 0 Å². The van der Waals surface area contributed by atoms with E-state index < -0.39 is 0 Å². The Balaban J connectivity index is 0.00000264. The van der Waals surface area contributed by atoms with Gasteiger partial charge in [-0.25, -0.2) is 9.98 Å². The smallest absolute Gasteiger partial charge is 0.191 e. The van der Waals surface area contributed by atoms with Gasteiger partial charge in [-0.15, -0.1) is 35.3 Å². The van der Waals surface area contributed by atoms with Gasteiger partial charge < -0.3 is 15.5 Å². The number of thiazole rings is 1. The molecule has 132 valence electrons. The van der Waals surface area contributed by atoms with Crippen molar-refractivity contribution in [3.63, 3.8) is 0 Å². The van der Waals surface area contributed by atoms with E-state index >= 15 is 0 Å². The maximum atomic E-state index is 4.67. The molecule has 1 saturated heterocycles. The van der Waals surface area contributed by atoms with Gasteiger partial charge in [-0.05, 0) is 40.5 Å². The third kappa shape index (κ3) is 6.93. The zero-order valence-electron chi connectivity index (χ0n) is 14.6. The van der Waals surface area contributed by atoms with Crippen LogP contribution < -0.4 is 10.6 Å². The van der Waals surface area contributed by atoms with Gasteiger partial charge in [-0.1, -0.05) is 0 Å². The Morgan fingerprint density at radius 1 is 1.43 bits per heavy atom. The van der Waals surface area contributed by atoms with Gasteiger partial charge in [0, 0.05) is 42.8 Å². The average Bonchev–Trinajstić information content (AvgIpc) is 2.91. The van der Waals surface area contributed by atoms with E-state index in [1.165, 1.54) is 30.8 Å². The van der Waals surface area contributed by atoms with E-state index in [4.69, 9.17) is 0 Å². The lowest BCUT2D eigenvalue weighted by atomic mass is 10.0. The fourth-order valence-electron chi connectivity index (χ4n) is 2.69. The quantitative estimate of drug-likeness (QED) is 0.411. The first-order valence-electron chi connectivity index (χ1n) is 8.28. The molecule has 7 heteroatoms. The lowest BCUT2D eigenvalue weighted by Gasteiger charge is -2.35. The van der Waals surface area contributed by atoms with Crippen LogP contribution in [0.15, 0.2) is 11.2 Å². The number of aryl methyl sites for hydroxylation is 1. The third-order valence-corrected chi connectivity index (χ3v) is 4.88. The highest BCUT2D eigenvalue weighted by Gasteiger charge is 2.21. The third-order valence-electron chi connectivity index (χ3n) is 3.99. The molecule has 0 saturated carbocycles. The zero-order valence-corrected chi connectivity index (χ0v) is 17.8. The van der Waals surface area contributed by atoms with Gasteiger partial charge in [0.2, 0.25) is 0 Å². The van der Waals surface area contributed by atoms with E-state index in [1.807, 2.05) is 6.20 Å². The Bertz CT molecular complexity index is 481. The fourth-order valence-corrected chi connectivity index (χ4v) is 3.41. The lowest BCUT2D eigenvalue weighted by Crippen LogP contribution is -2.49. The van der Waals surface area contributed by atoms with Crippen LogP contribution in [0.1, 0.15) is 43.5 Å². The summed E-state index contributed by atoms with van der Waals surface area (Å²) in [6.45, 7) is 12.6. The number of rotatable bonds is 5. The van der Waals surface area contributed by atoms with Gasteiger partial charge in [-0.2, -0.15) is 0 Å². The second-order valence-electron chi connectivity index (χ2n) is 6.11. The summed E-state index contributed by atoms with van der Waals surface area (Å²) in [7, 11) is 0. The molecular weight excluding hydrogens is 421 g/mol. The molecule has 0 unspecified atom stereocenters. The standard InChI is InChI=1S/C16H29N5S.HI/c1-5-17-16(19-11-15-18-10-13(4)22-15)20-14-6-8-21(9-7-14)12(2)3;/h10,12,14H,5-9,11H2,1-4H3,(H2,17,19,20);1H. The molecule has 1 aliphatic rings. The number of aromatic nitrogens is 1. The van der Waals surface area contributed by atoms with E-state index in [0.29, 0.717) is 18.6 Å². The Kier molecular flexibility index (Phi) is 9.38. The van der Waals surface area contributed by atoms with Crippen LogP contribution in [-0.2, 0) is 6.54 Å². The van der Waals surface area contributed by atoms with Crippen molar-refractivity contribution in [2.75, 3.05) is 19.6 Å². The van der Waals surface area contributed by atoms with Gasteiger partial charge in [-0.3, -0.25) is 0 Å². The van der Waals surface area contributed by atoms with E-state index in [9.17, 15) is 0 Å². The van der Waals surface area contributed by atoms with E-state index in [1.54, 1.807) is 11.3 Å². The molecule has 0 radical (unpaired) electrons. The average molecular weight is 451 g/mol. The molecule has 1 fully saturated rings. The van der Waals surface area contributed by atoms with Crippen LogP contribution in [0, 0.1) is 6.92 Å². The summed E-state index contributed by atoms with van der Waals surface area (Å²) in [6.07, 6.45) is 4.27. The number of hydrogen-bond donors (Lipinski definition) is 2. The minimum Gasteiger partial charge on any atom is -0.357 e. The Hall–Kier alpha value is -0.410. The molecular formula is C16H30IN5S. The summed E-state index contributed by atoms with van der Waals surface area (Å²) in [4.78, 5) is 12.8. The number of nitrogens with one attached hydrogen (secondary N) is 2. The number of hydrogen-bond acceptors (Lipinski definition) is 4. The molecule has 2 heterocycles. The monoisotopic (exact) mass is 451 g/mol. The molecule has 23 heavy (non-hydrogen) atoms. The van der Waals surface area contributed by atoms with Gasteiger partial charge in [0.05, 0.1) is 6.54 Å². The molecule has 1 aliphatic heterocycles. The number of halogens is 1. The number of piperidine rings is 1. The number of nitrogens with zero attached hydrogens (tertiary/aromatic N) is 3. The maximum Gasteiger partial charge on any atom is 0.191 e. The summed E-state index contributed by atoms with van der Waals surface area (Å²) in [5, 5.41) is 8.00. The molecule has 5 nitrogen and oxygen atoms in total. The predicted molar refractivity (Wildman–Crippen MR) is 110 cm³/mol. The van der Waals surface area contributed by atoms with E-state index in [2.05, 4.69) is 53.2 Å². The molecule has 0 bridgehead atoms. The van der Waals surface area contributed by atoms with Crippen LogP contribution in [0.3, 0.4) is 0 Å². The van der Waals surface area contributed by atoms with Gasteiger partial charge in [0.15, 0.2) is 5.96 Å². The Morgan fingerprint density at radius 3 is 2.65 bits per heavy atom. The first kappa shape index (κ1) is 20.6. The van der Waals surface area contributed by atoms with Gasteiger partial charge in [0.1, 0.15) is 5.01 Å². The number of likely N-dealkylation sites (tertiary alicyclic amines) is 1. The maximum absolute atomic E-state index is 4.67. The minimum absolute atomic E-state index is 0.